The Balaban J connectivity index is 1.73. The highest BCUT2D eigenvalue weighted by atomic mass is 127. The summed E-state index contributed by atoms with van der Waals surface area (Å²) in [6.45, 7) is -0.127. The number of hydrogen-bond donors (Lipinski definition) is 1. The van der Waals surface area contributed by atoms with E-state index < -0.39 is 0 Å². The molecule has 0 fully saturated rings. The van der Waals surface area contributed by atoms with Gasteiger partial charge in [0.2, 0.25) is 0 Å². The van der Waals surface area contributed by atoms with Gasteiger partial charge in [-0.25, -0.2) is 5.43 Å². The SMILES string of the molecule is COc1ccc2ccc(OC)c(/C=N/NC(=O)COc3ccccc3I)c2c1. The van der Waals surface area contributed by atoms with Crippen molar-refractivity contribution in [2.75, 3.05) is 20.8 Å². The minimum atomic E-state index is -0.354. The lowest BCUT2D eigenvalue weighted by Crippen LogP contribution is -2.24. The van der Waals surface area contributed by atoms with Gasteiger partial charge in [0.1, 0.15) is 17.2 Å². The van der Waals surface area contributed by atoms with Crippen molar-refractivity contribution in [2.24, 2.45) is 5.10 Å². The van der Waals surface area contributed by atoms with Crippen molar-refractivity contribution in [1.82, 2.24) is 5.43 Å². The molecule has 6 nitrogen and oxygen atoms in total. The third-order valence-electron chi connectivity index (χ3n) is 4.03. The second-order valence-corrected chi connectivity index (χ2v) is 6.94. The molecule has 0 bridgehead atoms. The van der Waals surface area contributed by atoms with Gasteiger partial charge in [-0.3, -0.25) is 4.79 Å². The molecule has 3 aromatic carbocycles. The minimum Gasteiger partial charge on any atom is -0.497 e. The molecule has 0 aliphatic carbocycles. The van der Waals surface area contributed by atoms with Crippen LogP contribution in [-0.2, 0) is 4.79 Å². The van der Waals surface area contributed by atoms with Gasteiger partial charge in [0, 0.05) is 5.56 Å². The molecule has 0 heterocycles. The molecular weight excluding hydrogens is 471 g/mol. The molecule has 3 rings (SSSR count). The van der Waals surface area contributed by atoms with E-state index in [1.165, 1.54) is 0 Å². The molecule has 0 atom stereocenters. The summed E-state index contributed by atoms with van der Waals surface area (Å²) in [6, 6.07) is 17.1. The smallest absolute Gasteiger partial charge is 0.277 e. The molecule has 0 aliphatic rings. The fourth-order valence-electron chi connectivity index (χ4n) is 2.65. The van der Waals surface area contributed by atoms with Gasteiger partial charge in [0.05, 0.1) is 24.0 Å². The minimum absolute atomic E-state index is 0.127. The number of carbonyl (C=O) groups excluding carboxylic acids is 1. The van der Waals surface area contributed by atoms with E-state index in [9.17, 15) is 4.79 Å². The normalized spacial score (nSPS) is 10.8. The molecule has 0 aliphatic heterocycles. The Morgan fingerprint density at radius 3 is 2.61 bits per heavy atom. The van der Waals surface area contributed by atoms with Gasteiger partial charge in [0.15, 0.2) is 6.61 Å². The lowest BCUT2D eigenvalue weighted by atomic mass is 10.0. The van der Waals surface area contributed by atoms with Crippen LogP contribution in [0.3, 0.4) is 0 Å². The molecule has 0 saturated carbocycles. The topological polar surface area (TPSA) is 69.2 Å². The molecule has 3 aromatic rings. The maximum absolute atomic E-state index is 12.0. The summed E-state index contributed by atoms with van der Waals surface area (Å²) in [7, 11) is 3.20. The predicted octanol–water partition coefficient (Wildman–Crippen LogP) is 3.99. The van der Waals surface area contributed by atoms with Crippen molar-refractivity contribution in [3.05, 3.63) is 63.7 Å². The number of nitrogens with zero attached hydrogens (tertiary/aromatic N) is 1. The van der Waals surface area contributed by atoms with Gasteiger partial charge in [0.25, 0.3) is 5.91 Å². The Hall–Kier alpha value is -2.81. The fraction of sp³-hybridized carbons (Fsp3) is 0.143. The van der Waals surface area contributed by atoms with E-state index in [0.29, 0.717) is 11.5 Å². The van der Waals surface area contributed by atoms with Gasteiger partial charge in [-0.1, -0.05) is 24.3 Å². The zero-order valence-electron chi connectivity index (χ0n) is 15.4. The summed E-state index contributed by atoms with van der Waals surface area (Å²) >= 11 is 2.15. The third kappa shape index (κ3) is 4.72. The quantitative estimate of drug-likeness (QED) is 0.309. The summed E-state index contributed by atoms with van der Waals surface area (Å²) in [4.78, 5) is 12.0. The van der Waals surface area contributed by atoms with E-state index >= 15 is 0 Å². The van der Waals surface area contributed by atoms with Crippen LogP contribution in [0.5, 0.6) is 17.2 Å². The number of ether oxygens (including phenoxy) is 3. The standard InChI is InChI=1S/C21H19IN2O4/c1-26-15-9-7-14-8-10-19(27-2)17(16(14)11-15)12-23-24-21(25)13-28-20-6-4-3-5-18(20)22/h3-12H,13H2,1-2H3,(H,24,25)/b23-12+. The Labute approximate surface area is 176 Å². The number of carbonyl (C=O) groups is 1. The first-order valence-corrected chi connectivity index (χ1v) is 9.54. The highest BCUT2D eigenvalue weighted by Crippen LogP contribution is 2.29. The maximum Gasteiger partial charge on any atom is 0.277 e. The second kappa shape index (κ2) is 9.41. The number of para-hydroxylation sites is 1. The number of hydrazone groups is 1. The van der Waals surface area contributed by atoms with E-state index in [0.717, 1.165) is 25.7 Å². The van der Waals surface area contributed by atoms with Crippen LogP contribution in [0.25, 0.3) is 10.8 Å². The molecule has 7 heteroatoms. The van der Waals surface area contributed by atoms with Gasteiger partial charge >= 0.3 is 0 Å². The average Bonchev–Trinajstić information content (AvgIpc) is 2.72. The van der Waals surface area contributed by atoms with Crippen LogP contribution in [0.2, 0.25) is 0 Å². The van der Waals surface area contributed by atoms with E-state index in [2.05, 4.69) is 33.1 Å². The van der Waals surface area contributed by atoms with Crippen LogP contribution in [0, 0.1) is 3.57 Å². The number of methoxy groups -OCH3 is 2. The molecular formula is C21H19IN2O4. The molecule has 1 amide bonds. The summed E-state index contributed by atoms with van der Waals surface area (Å²) < 4.78 is 17.2. The molecule has 0 saturated heterocycles. The number of benzene rings is 3. The van der Waals surface area contributed by atoms with Crippen molar-refractivity contribution < 1.29 is 19.0 Å². The first-order chi connectivity index (χ1) is 13.6. The molecule has 0 spiro atoms. The zero-order valence-corrected chi connectivity index (χ0v) is 17.6. The zero-order chi connectivity index (χ0) is 19.9. The van der Waals surface area contributed by atoms with Crippen LogP contribution < -0.4 is 19.6 Å². The lowest BCUT2D eigenvalue weighted by molar-refractivity contribution is -0.123. The van der Waals surface area contributed by atoms with Crippen molar-refractivity contribution in [1.29, 1.82) is 0 Å². The van der Waals surface area contributed by atoms with Crippen molar-refractivity contribution >= 4 is 45.5 Å². The Morgan fingerprint density at radius 1 is 1.07 bits per heavy atom. The predicted molar refractivity (Wildman–Crippen MR) is 117 cm³/mol. The molecule has 0 radical (unpaired) electrons. The van der Waals surface area contributed by atoms with Crippen molar-refractivity contribution in [2.45, 2.75) is 0 Å². The van der Waals surface area contributed by atoms with Crippen LogP contribution in [-0.4, -0.2) is 32.9 Å². The maximum atomic E-state index is 12.0. The van der Waals surface area contributed by atoms with E-state index in [4.69, 9.17) is 14.2 Å². The number of nitrogens with one attached hydrogen (secondary N) is 1. The molecule has 1 N–H and O–H groups in total. The first kappa shape index (κ1) is 19.9. The van der Waals surface area contributed by atoms with Crippen LogP contribution in [0.15, 0.2) is 59.7 Å². The number of fused-ring (bicyclic) bond motifs is 1. The number of rotatable bonds is 7. The highest BCUT2D eigenvalue weighted by Gasteiger charge is 2.09. The largest absolute Gasteiger partial charge is 0.497 e. The number of amides is 1. The van der Waals surface area contributed by atoms with Gasteiger partial charge in [-0.2, -0.15) is 5.10 Å². The molecule has 0 aromatic heterocycles. The highest BCUT2D eigenvalue weighted by molar-refractivity contribution is 14.1. The van der Waals surface area contributed by atoms with E-state index in [1.54, 1.807) is 20.4 Å². The summed E-state index contributed by atoms with van der Waals surface area (Å²) in [5.74, 6) is 1.68. The van der Waals surface area contributed by atoms with Gasteiger partial charge in [-0.15, -0.1) is 0 Å². The van der Waals surface area contributed by atoms with Gasteiger partial charge < -0.3 is 14.2 Å². The van der Waals surface area contributed by atoms with Crippen LogP contribution >= 0.6 is 22.6 Å². The summed E-state index contributed by atoms with van der Waals surface area (Å²) in [5, 5.41) is 5.98. The summed E-state index contributed by atoms with van der Waals surface area (Å²) in [6.07, 6.45) is 1.56. The van der Waals surface area contributed by atoms with Crippen LogP contribution in [0.4, 0.5) is 0 Å². The van der Waals surface area contributed by atoms with Crippen molar-refractivity contribution in [3.63, 3.8) is 0 Å². The average molecular weight is 490 g/mol. The van der Waals surface area contributed by atoms with E-state index in [1.807, 2.05) is 54.6 Å². The van der Waals surface area contributed by atoms with Gasteiger partial charge in [-0.05, 0) is 63.7 Å². The fourth-order valence-corrected chi connectivity index (χ4v) is 3.19. The molecule has 0 unspecified atom stereocenters. The lowest BCUT2D eigenvalue weighted by Gasteiger charge is -2.10. The van der Waals surface area contributed by atoms with Crippen molar-refractivity contribution in [3.8, 4) is 17.2 Å². The summed E-state index contributed by atoms with van der Waals surface area (Å²) in [5.41, 5.74) is 3.23. The van der Waals surface area contributed by atoms with E-state index in [-0.39, 0.29) is 12.5 Å². The number of halogens is 1. The Kier molecular flexibility index (Phi) is 6.70. The first-order valence-electron chi connectivity index (χ1n) is 8.46. The number of hydrogen-bond acceptors (Lipinski definition) is 5. The Bertz CT molecular complexity index is 1020. The second-order valence-electron chi connectivity index (χ2n) is 5.78. The monoisotopic (exact) mass is 490 g/mol. The molecule has 28 heavy (non-hydrogen) atoms. The van der Waals surface area contributed by atoms with Crippen LogP contribution in [0.1, 0.15) is 5.56 Å². The molecule has 144 valence electrons. The third-order valence-corrected chi connectivity index (χ3v) is 4.92. The Morgan fingerprint density at radius 2 is 1.86 bits per heavy atom.